The third-order valence-electron chi connectivity index (χ3n) is 7.61. The van der Waals surface area contributed by atoms with E-state index in [-0.39, 0.29) is 23.4 Å². The maximum absolute atomic E-state index is 13.8. The molecule has 0 aliphatic carbocycles. The highest BCUT2D eigenvalue weighted by Crippen LogP contribution is 2.30. The third-order valence-corrected chi connectivity index (χ3v) is 9.03. The van der Waals surface area contributed by atoms with E-state index in [1.807, 2.05) is 12.1 Å². The van der Waals surface area contributed by atoms with Crippen LogP contribution in [0.3, 0.4) is 0 Å². The number of ether oxygens (including phenoxy) is 2. The van der Waals surface area contributed by atoms with Gasteiger partial charge in [0.1, 0.15) is 22.6 Å². The Morgan fingerprint density at radius 2 is 1.74 bits per heavy atom. The maximum atomic E-state index is 13.8. The summed E-state index contributed by atoms with van der Waals surface area (Å²) in [4.78, 5) is 18.3. The van der Waals surface area contributed by atoms with Crippen LogP contribution in [0.4, 0.5) is 26.0 Å². The summed E-state index contributed by atoms with van der Waals surface area (Å²) in [5.41, 5.74) is 3.53. The van der Waals surface area contributed by atoms with E-state index < -0.39 is 22.6 Å². The van der Waals surface area contributed by atoms with Gasteiger partial charge < -0.3 is 29.9 Å². The van der Waals surface area contributed by atoms with Gasteiger partial charge in [0.2, 0.25) is 0 Å². The minimum absolute atomic E-state index is 0.0351. The molecule has 0 bridgehead atoms. The predicted molar refractivity (Wildman–Crippen MR) is 161 cm³/mol. The number of carbonyl (C=O) groups excluding carboxylic acids is 1. The van der Waals surface area contributed by atoms with Crippen LogP contribution in [-0.4, -0.2) is 103 Å². The lowest BCUT2D eigenvalue weighted by atomic mass is 10.1. The van der Waals surface area contributed by atoms with E-state index in [1.54, 1.807) is 24.6 Å². The highest BCUT2D eigenvalue weighted by atomic mass is 32.2. The molecule has 14 heteroatoms. The number of methoxy groups -OCH3 is 2. The Morgan fingerprint density at radius 3 is 2.42 bits per heavy atom. The molecule has 0 saturated carbocycles. The first kappa shape index (κ1) is 31.0. The molecular weight excluding hydrogens is 580 g/mol. The van der Waals surface area contributed by atoms with E-state index >= 15 is 0 Å². The van der Waals surface area contributed by atoms with Crippen molar-refractivity contribution in [2.75, 3.05) is 82.7 Å². The normalized spacial score (nSPS) is 16.7. The molecule has 1 amide bonds. The van der Waals surface area contributed by atoms with Gasteiger partial charge in [0, 0.05) is 88.6 Å². The van der Waals surface area contributed by atoms with E-state index in [4.69, 9.17) is 9.47 Å². The van der Waals surface area contributed by atoms with Crippen molar-refractivity contribution in [2.24, 2.45) is 0 Å². The summed E-state index contributed by atoms with van der Waals surface area (Å²) in [5, 5.41) is 13.6. The third kappa shape index (κ3) is 7.39. The zero-order valence-corrected chi connectivity index (χ0v) is 25.3. The molecule has 1 saturated heterocycles. The zero-order chi connectivity index (χ0) is 30.5. The van der Waals surface area contributed by atoms with Crippen LogP contribution < -0.4 is 15.5 Å². The van der Waals surface area contributed by atoms with Crippen molar-refractivity contribution in [3.63, 3.8) is 0 Å². The Bertz CT molecular complexity index is 1440. The minimum atomic E-state index is -1.80. The summed E-state index contributed by atoms with van der Waals surface area (Å²) in [5.74, 6) is -1.65. The van der Waals surface area contributed by atoms with Gasteiger partial charge in [-0.2, -0.15) is 5.10 Å². The average molecular weight is 618 g/mol. The molecule has 3 heterocycles. The fraction of sp³-hybridized carbons (Fsp3) is 0.448. The van der Waals surface area contributed by atoms with Crippen LogP contribution in [0, 0.1) is 11.6 Å². The Labute approximate surface area is 252 Å². The SMILES string of the molecule is COCC(COC)Nc1cc(N2CCN(C)CC2)ccc1C(=O)Nc1n[nH]c2c1CN(S(=O)c1cc(F)cc(F)c1)CC2. The van der Waals surface area contributed by atoms with Gasteiger partial charge in [-0.1, -0.05) is 0 Å². The molecule has 3 N–H and O–H groups in total. The predicted octanol–water partition coefficient (Wildman–Crippen LogP) is 2.85. The quantitative estimate of drug-likeness (QED) is 0.301. The summed E-state index contributed by atoms with van der Waals surface area (Å²) in [6.45, 7) is 4.95. The molecule has 3 aromatic rings. The number of hydrogen-bond acceptors (Lipinski definition) is 8. The van der Waals surface area contributed by atoms with E-state index in [2.05, 4.69) is 37.7 Å². The van der Waals surface area contributed by atoms with Crippen LogP contribution in [-0.2, 0) is 33.4 Å². The number of carbonyl (C=O) groups is 1. The largest absolute Gasteiger partial charge is 0.382 e. The molecule has 0 spiro atoms. The van der Waals surface area contributed by atoms with Crippen molar-refractivity contribution in [1.82, 2.24) is 19.4 Å². The number of benzene rings is 2. The van der Waals surface area contributed by atoms with Crippen molar-refractivity contribution in [3.8, 4) is 0 Å². The maximum Gasteiger partial charge on any atom is 0.258 e. The number of aromatic nitrogens is 2. The van der Waals surface area contributed by atoms with E-state index in [0.29, 0.717) is 48.8 Å². The van der Waals surface area contributed by atoms with E-state index in [0.717, 1.165) is 55.8 Å². The summed E-state index contributed by atoms with van der Waals surface area (Å²) >= 11 is 0. The molecule has 5 rings (SSSR count). The number of anilines is 3. The number of aromatic amines is 1. The van der Waals surface area contributed by atoms with Gasteiger partial charge >= 0.3 is 0 Å². The summed E-state index contributed by atoms with van der Waals surface area (Å²) in [6, 6.07) is 8.38. The fourth-order valence-corrected chi connectivity index (χ4v) is 6.56. The second-order valence-electron chi connectivity index (χ2n) is 10.7. The monoisotopic (exact) mass is 617 g/mol. The number of piperazine rings is 1. The van der Waals surface area contributed by atoms with Crippen LogP contribution in [0.15, 0.2) is 41.3 Å². The highest BCUT2D eigenvalue weighted by Gasteiger charge is 2.28. The average Bonchev–Trinajstić information content (AvgIpc) is 3.38. The Morgan fingerprint density at radius 1 is 1.05 bits per heavy atom. The lowest BCUT2D eigenvalue weighted by Gasteiger charge is -2.34. The smallest absolute Gasteiger partial charge is 0.258 e. The Hall–Kier alpha value is -3.43. The molecule has 1 aromatic heterocycles. The molecule has 1 fully saturated rings. The Kier molecular flexibility index (Phi) is 10.0. The van der Waals surface area contributed by atoms with Crippen molar-refractivity contribution in [2.45, 2.75) is 23.9 Å². The number of halogens is 2. The number of hydrogen-bond donors (Lipinski definition) is 3. The van der Waals surface area contributed by atoms with Crippen molar-refractivity contribution < 1.29 is 27.3 Å². The van der Waals surface area contributed by atoms with Gasteiger partial charge in [-0.15, -0.1) is 0 Å². The summed E-state index contributed by atoms with van der Waals surface area (Å²) < 4.78 is 53.1. The second kappa shape index (κ2) is 13.9. The molecule has 1 unspecified atom stereocenters. The molecule has 2 aliphatic rings. The first-order valence-electron chi connectivity index (χ1n) is 14.1. The molecule has 232 valence electrons. The number of amides is 1. The first-order valence-corrected chi connectivity index (χ1v) is 15.2. The highest BCUT2D eigenvalue weighted by molar-refractivity contribution is 7.82. The topological polar surface area (TPSA) is 115 Å². The van der Waals surface area contributed by atoms with Crippen LogP contribution in [0.5, 0.6) is 0 Å². The fourth-order valence-electron chi connectivity index (χ4n) is 5.33. The minimum Gasteiger partial charge on any atom is -0.382 e. The molecule has 11 nitrogen and oxygen atoms in total. The number of rotatable bonds is 11. The van der Waals surface area contributed by atoms with Gasteiger partial charge in [0.15, 0.2) is 5.82 Å². The molecule has 43 heavy (non-hydrogen) atoms. The van der Waals surface area contributed by atoms with Crippen LogP contribution in [0.2, 0.25) is 0 Å². The van der Waals surface area contributed by atoms with Gasteiger partial charge in [-0.05, 0) is 37.4 Å². The van der Waals surface area contributed by atoms with Crippen molar-refractivity contribution in [1.29, 1.82) is 0 Å². The van der Waals surface area contributed by atoms with Gasteiger partial charge in [-0.3, -0.25) is 9.89 Å². The van der Waals surface area contributed by atoms with Gasteiger partial charge in [0.25, 0.3) is 5.91 Å². The molecule has 0 radical (unpaired) electrons. The van der Waals surface area contributed by atoms with Gasteiger partial charge in [-0.25, -0.2) is 17.3 Å². The lowest BCUT2D eigenvalue weighted by molar-refractivity contribution is 0.102. The van der Waals surface area contributed by atoms with Crippen LogP contribution >= 0.6 is 0 Å². The molecule has 1 atom stereocenters. The lowest BCUT2D eigenvalue weighted by Crippen LogP contribution is -2.44. The van der Waals surface area contributed by atoms with Crippen molar-refractivity contribution in [3.05, 3.63) is 64.9 Å². The molecular formula is C29H37F2N7O4S. The summed E-state index contributed by atoms with van der Waals surface area (Å²) in [7, 11) is 3.52. The van der Waals surface area contributed by atoms with Gasteiger partial charge in [0.05, 0.1) is 29.7 Å². The Balaban J connectivity index is 1.37. The number of nitrogens with one attached hydrogen (secondary N) is 3. The zero-order valence-electron chi connectivity index (χ0n) is 24.5. The van der Waals surface area contributed by atoms with E-state index in [1.165, 1.54) is 0 Å². The van der Waals surface area contributed by atoms with Crippen LogP contribution in [0.25, 0.3) is 0 Å². The van der Waals surface area contributed by atoms with Crippen molar-refractivity contribution >= 4 is 34.1 Å². The number of H-pyrrole nitrogens is 1. The summed E-state index contributed by atoms with van der Waals surface area (Å²) in [6.07, 6.45) is 0.476. The second-order valence-corrected chi connectivity index (χ2v) is 12.2. The number of likely N-dealkylation sites (N-methyl/N-ethyl adjacent to an activating group) is 1. The van der Waals surface area contributed by atoms with Crippen LogP contribution in [0.1, 0.15) is 21.6 Å². The number of nitrogens with zero attached hydrogens (tertiary/aromatic N) is 4. The molecule has 2 aromatic carbocycles. The number of fused-ring (bicyclic) bond motifs is 1. The first-order chi connectivity index (χ1) is 20.7. The molecule has 2 aliphatic heterocycles. The van der Waals surface area contributed by atoms with E-state index in [9.17, 15) is 17.8 Å². The standard InChI is InChI=1S/C29H37F2N7O4S/c1-36-8-10-37(11-9-36)22-4-5-24(27(15-22)32-21(17-41-2)18-42-3)29(39)33-28-25-16-38(7-6-26(25)34-35-28)43(40)23-13-19(30)12-20(31)14-23/h4-5,12-15,21,32H,6-11,16-18H2,1-3H3,(H2,33,34,35,39).